The van der Waals surface area contributed by atoms with E-state index in [9.17, 15) is 0 Å². The van der Waals surface area contributed by atoms with Crippen LogP contribution in [0.5, 0.6) is 5.75 Å². The molecular formula is C15H15ClN2O. The zero-order chi connectivity index (χ0) is 13.2. The Hall–Kier alpha value is -1.74. The Morgan fingerprint density at radius 3 is 2.95 bits per heavy atom. The van der Waals surface area contributed by atoms with E-state index < -0.39 is 0 Å². The molecule has 0 bridgehead atoms. The van der Waals surface area contributed by atoms with Crippen LogP contribution in [-0.2, 0) is 19.3 Å². The van der Waals surface area contributed by atoms with E-state index in [1.54, 1.807) is 6.20 Å². The first-order valence-corrected chi connectivity index (χ1v) is 6.75. The van der Waals surface area contributed by atoms with E-state index in [2.05, 4.69) is 4.98 Å². The van der Waals surface area contributed by atoms with E-state index in [1.165, 1.54) is 5.56 Å². The summed E-state index contributed by atoms with van der Waals surface area (Å²) >= 11 is 6.15. The highest BCUT2D eigenvalue weighted by atomic mass is 35.5. The van der Waals surface area contributed by atoms with Crippen LogP contribution in [0.25, 0.3) is 0 Å². The Kier molecular flexibility index (Phi) is 3.30. The number of nitrogens with two attached hydrogens (primary N) is 1. The van der Waals surface area contributed by atoms with Crippen LogP contribution in [-0.4, -0.2) is 11.6 Å². The molecule has 1 aliphatic heterocycles. The number of hydrogen-bond acceptors (Lipinski definition) is 3. The van der Waals surface area contributed by atoms with Gasteiger partial charge in [-0.3, -0.25) is 0 Å². The highest BCUT2D eigenvalue weighted by molar-refractivity contribution is 6.30. The molecule has 0 fully saturated rings. The molecule has 2 aromatic rings. The minimum atomic E-state index is 0.599. The van der Waals surface area contributed by atoms with Crippen LogP contribution in [0.4, 0.5) is 5.82 Å². The average Bonchev–Trinajstić information content (AvgIpc) is 2.85. The van der Waals surface area contributed by atoms with Crippen molar-refractivity contribution in [2.45, 2.75) is 19.3 Å². The number of aromatic nitrogens is 1. The van der Waals surface area contributed by atoms with E-state index in [0.29, 0.717) is 5.82 Å². The summed E-state index contributed by atoms with van der Waals surface area (Å²) < 4.78 is 5.70. The number of hydrogen-bond donors (Lipinski definition) is 1. The molecule has 4 heteroatoms. The van der Waals surface area contributed by atoms with E-state index in [1.807, 2.05) is 24.3 Å². The van der Waals surface area contributed by atoms with Gasteiger partial charge in [-0.2, -0.15) is 0 Å². The number of anilines is 1. The lowest BCUT2D eigenvalue weighted by atomic mass is 10.0. The normalized spacial score (nSPS) is 13.1. The molecule has 2 heterocycles. The zero-order valence-electron chi connectivity index (χ0n) is 10.5. The van der Waals surface area contributed by atoms with Gasteiger partial charge in [-0.05, 0) is 47.7 Å². The molecule has 1 aliphatic rings. The Morgan fingerprint density at radius 2 is 2.11 bits per heavy atom. The predicted octanol–water partition coefficient (Wildman–Crippen LogP) is 3.04. The lowest BCUT2D eigenvalue weighted by molar-refractivity contribution is 0.353. The zero-order valence-corrected chi connectivity index (χ0v) is 11.3. The van der Waals surface area contributed by atoms with Gasteiger partial charge in [0.25, 0.3) is 0 Å². The highest BCUT2D eigenvalue weighted by Gasteiger charge is 2.17. The second-order valence-corrected chi connectivity index (χ2v) is 5.14. The summed E-state index contributed by atoms with van der Waals surface area (Å²) in [7, 11) is 0. The van der Waals surface area contributed by atoms with E-state index in [-0.39, 0.29) is 0 Å². The summed E-state index contributed by atoms with van der Waals surface area (Å²) in [5.41, 5.74) is 9.29. The lowest BCUT2D eigenvalue weighted by Crippen LogP contribution is -2.00. The van der Waals surface area contributed by atoms with Gasteiger partial charge in [0.15, 0.2) is 0 Å². The number of pyridine rings is 1. The average molecular weight is 275 g/mol. The largest absolute Gasteiger partial charge is 0.493 e. The Labute approximate surface area is 117 Å². The maximum absolute atomic E-state index is 6.15. The third kappa shape index (κ3) is 2.51. The Bertz CT molecular complexity index is 613. The third-order valence-corrected chi connectivity index (χ3v) is 3.63. The molecule has 3 rings (SSSR count). The molecule has 19 heavy (non-hydrogen) atoms. The van der Waals surface area contributed by atoms with Crippen molar-refractivity contribution >= 4 is 17.4 Å². The number of fused-ring (bicyclic) bond motifs is 1. The van der Waals surface area contributed by atoms with Crippen molar-refractivity contribution in [3.8, 4) is 5.75 Å². The van der Waals surface area contributed by atoms with Crippen molar-refractivity contribution in [1.82, 2.24) is 4.98 Å². The quantitative estimate of drug-likeness (QED) is 0.936. The second-order valence-electron chi connectivity index (χ2n) is 4.70. The number of halogens is 1. The minimum absolute atomic E-state index is 0.599. The van der Waals surface area contributed by atoms with Gasteiger partial charge < -0.3 is 10.5 Å². The molecule has 1 aromatic heterocycles. The summed E-state index contributed by atoms with van der Waals surface area (Å²) in [5.74, 6) is 1.61. The molecule has 98 valence electrons. The Morgan fingerprint density at radius 1 is 1.26 bits per heavy atom. The maximum Gasteiger partial charge on any atom is 0.126 e. The van der Waals surface area contributed by atoms with Crippen molar-refractivity contribution in [3.05, 3.63) is 52.2 Å². The van der Waals surface area contributed by atoms with Gasteiger partial charge in [0, 0.05) is 17.6 Å². The molecule has 0 saturated carbocycles. The van der Waals surface area contributed by atoms with Gasteiger partial charge in [0.05, 0.1) is 6.61 Å². The van der Waals surface area contributed by atoms with Gasteiger partial charge in [-0.1, -0.05) is 17.7 Å². The molecule has 0 atom stereocenters. The van der Waals surface area contributed by atoms with E-state index >= 15 is 0 Å². The topological polar surface area (TPSA) is 48.1 Å². The highest BCUT2D eigenvalue weighted by Crippen LogP contribution is 2.33. The summed E-state index contributed by atoms with van der Waals surface area (Å²) in [6.07, 6.45) is 4.35. The molecule has 0 unspecified atom stereocenters. The van der Waals surface area contributed by atoms with Crippen molar-refractivity contribution in [2.75, 3.05) is 12.3 Å². The molecule has 0 spiro atoms. The minimum Gasteiger partial charge on any atom is -0.493 e. The van der Waals surface area contributed by atoms with Crippen LogP contribution >= 0.6 is 11.6 Å². The number of nitrogen functional groups attached to an aromatic ring is 1. The molecule has 0 aliphatic carbocycles. The number of ether oxygens (including phenoxy) is 1. The first-order valence-electron chi connectivity index (χ1n) is 6.37. The molecule has 0 amide bonds. The SMILES string of the molecule is Nc1ncccc1CCc1cc(Cl)cc2c1OCC2. The number of benzene rings is 1. The molecule has 3 nitrogen and oxygen atoms in total. The van der Waals surface area contributed by atoms with Crippen molar-refractivity contribution in [2.24, 2.45) is 0 Å². The fourth-order valence-electron chi connectivity index (χ4n) is 2.46. The van der Waals surface area contributed by atoms with Crippen molar-refractivity contribution in [3.63, 3.8) is 0 Å². The maximum atomic E-state index is 6.15. The molecule has 0 radical (unpaired) electrons. The van der Waals surface area contributed by atoms with Crippen LogP contribution in [0, 0.1) is 0 Å². The second kappa shape index (κ2) is 5.10. The van der Waals surface area contributed by atoms with E-state index in [4.69, 9.17) is 22.1 Å². The molecule has 1 aromatic carbocycles. The van der Waals surface area contributed by atoms with E-state index in [0.717, 1.165) is 47.8 Å². The fourth-order valence-corrected chi connectivity index (χ4v) is 2.73. The smallest absolute Gasteiger partial charge is 0.126 e. The van der Waals surface area contributed by atoms with Crippen molar-refractivity contribution < 1.29 is 4.74 Å². The fraction of sp³-hybridized carbons (Fsp3) is 0.267. The van der Waals surface area contributed by atoms with Crippen LogP contribution in [0.3, 0.4) is 0 Å². The summed E-state index contributed by atoms with van der Waals surface area (Å²) in [4.78, 5) is 4.10. The predicted molar refractivity (Wildman–Crippen MR) is 76.7 cm³/mol. The monoisotopic (exact) mass is 274 g/mol. The number of nitrogens with zero attached hydrogens (tertiary/aromatic N) is 1. The third-order valence-electron chi connectivity index (χ3n) is 3.42. The standard InChI is InChI=1S/C15H15ClN2O/c16-13-8-11(14-12(9-13)5-7-19-14)4-3-10-2-1-6-18-15(10)17/h1-2,6,8-9H,3-5,7H2,(H2,17,18). The van der Waals surface area contributed by atoms with Crippen LogP contribution in [0.1, 0.15) is 16.7 Å². The van der Waals surface area contributed by atoms with Gasteiger partial charge in [-0.25, -0.2) is 4.98 Å². The van der Waals surface area contributed by atoms with Gasteiger partial charge in [0.1, 0.15) is 11.6 Å². The van der Waals surface area contributed by atoms with Gasteiger partial charge >= 0.3 is 0 Å². The summed E-state index contributed by atoms with van der Waals surface area (Å²) in [5, 5.41) is 0.776. The van der Waals surface area contributed by atoms with Gasteiger partial charge in [0.2, 0.25) is 0 Å². The first-order chi connectivity index (χ1) is 9.24. The summed E-state index contributed by atoms with van der Waals surface area (Å²) in [6, 6.07) is 7.89. The molecule has 0 saturated heterocycles. The van der Waals surface area contributed by atoms with Crippen molar-refractivity contribution in [1.29, 1.82) is 0 Å². The van der Waals surface area contributed by atoms with Crippen LogP contribution in [0.2, 0.25) is 5.02 Å². The molecular weight excluding hydrogens is 260 g/mol. The van der Waals surface area contributed by atoms with Crippen LogP contribution in [0.15, 0.2) is 30.5 Å². The molecule has 2 N–H and O–H groups in total. The Balaban J connectivity index is 1.83. The first kappa shape index (κ1) is 12.3. The van der Waals surface area contributed by atoms with Gasteiger partial charge in [-0.15, -0.1) is 0 Å². The number of rotatable bonds is 3. The number of aryl methyl sites for hydroxylation is 2. The summed E-state index contributed by atoms with van der Waals surface area (Å²) in [6.45, 7) is 0.748. The lowest BCUT2D eigenvalue weighted by Gasteiger charge is -2.09. The van der Waals surface area contributed by atoms with Crippen LogP contribution < -0.4 is 10.5 Å².